The van der Waals surface area contributed by atoms with E-state index in [1.807, 2.05) is 13.2 Å². The SMILES string of the molecule is CNC1=C([N+](=O)[O-])C(SC)c2c(ccc(Cl)c2C)O1. The monoisotopic (exact) mass is 300 g/mol. The molecule has 0 fully saturated rings. The Labute approximate surface area is 120 Å². The second-order valence-electron chi connectivity index (χ2n) is 4.02. The van der Waals surface area contributed by atoms with Gasteiger partial charge < -0.3 is 10.1 Å². The Kier molecular flexibility index (Phi) is 3.91. The van der Waals surface area contributed by atoms with E-state index in [2.05, 4.69) is 5.32 Å². The van der Waals surface area contributed by atoms with Crippen LogP contribution >= 0.6 is 23.4 Å². The predicted molar refractivity (Wildman–Crippen MR) is 76.2 cm³/mol. The van der Waals surface area contributed by atoms with Crippen molar-refractivity contribution < 1.29 is 9.66 Å². The van der Waals surface area contributed by atoms with Crippen LogP contribution in [0.1, 0.15) is 16.4 Å². The summed E-state index contributed by atoms with van der Waals surface area (Å²) in [4.78, 5) is 10.9. The molecule has 0 radical (unpaired) electrons. The molecular weight excluding hydrogens is 288 g/mol. The van der Waals surface area contributed by atoms with Gasteiger partial charge in [-0.3, -0.25) is 10.1 Å². The Balaban J connectivity index is 2.67. The molecule has 7 heteroatoms. The maximum absolute atomic E-state index is 11.3. The fourth-order valence-electron chi connectivity index (χ4n) is 2.10. The van der Waals surface area contributed by atoms with E-state index in [1.165, 1.54) is 11.8 Å². The van der Waals surface area contributed by atoms with Gasteiger partial charge in [0.1, 0.15) is 11.0 Å². The van der Waals surface area contributed by atoms with Crippen molar-refractivity contribution in [2.75, 3.05) is 13.3 Å². The summed E-state index contributed by atoms with van der Waals surface area (Å²) in [5, 5.41) is 14.2. The van der Waals surface area contributed by atoms with Crippen LogP contribution in [0.5, 0.6) is 5.75 Å². The third-order valence-electron chi connectivity index (χ3n) is 3.02. The first-order chi connectivity index (χ1) is 9.01. The van der Waals surface area contributed by atoms with Gasteiger partial charge in [-0.25, -0.2) is 0 Å². The van der Waals surface area contributed by atoms with Crippen molar-refractivity contribution in [2.24, 2.45) is 0 Å². The second kappa shape index (κ2) is 5.30. The zero-order chi connectivity index (χ0) is 14.2. The molecule has 0 saturated carbocycles. The Hall–Kier alpha value is -1.40. The second-order valence-corrected chi connectivity index (χ2v) is 5.37. The van der Waals surface area contributed by atoms with Crippen molar-refractivity contribution >= 4 is 23.4 Å². The summed E-state index contributed by atoms with van der Waals surface area (Å²) in [5.74, 6) is 0.787. The van der Waals surface area contributed by atoms with Crippen LogP contribution in [0.4, 0.5) is 0 Å². The summed E-state index contributed by atoms with van der Waals surface area (Å²) >= 11 is 7.49. The number of hydrogen-bond acceptors (Lipinski definition) is 5. The van der Waals surface area contributed by atoms with Gasteiger partial charge in [0.05, 0.1) is 4.92 Å². The lowest BCUT2D eigenvalue weighted by Gasteiger charge is -2.26. The zero-order valence-corrected chi connectivity index (χ0v) is 12.3. The van der Waals surface area contributed by atoms with Crippen LogP contribution in [-0.4, -0.2) is 18.2 Å². The molecule has 0 aliphatic carbocycles. The summed E-state index contributed by atoms with van der Waals surface area (Å²) in [6.07, 6.45) is 1.83. The largest absolute Gasteiger partial charge is 0.435 e. The maximum atomic E-state index is 11.3. The van der Waals surface area contributed by atoms with E-state index in [0.29, 0.717) is 10.8 Å². The van der Waals surface area contributed by atoms with Gasteiger partial charge in [0, 0.05) is 17.6 Å². The standard InChI is InChI=1S/C12H13ClN2O3S/c1-6-7(13)4-5-8-9(6)11(19-3)10(15(16)17)12(14-2)18-8/h4-5,11,14H,1-3H3. The number of thioether (sulfide) groups is 1. The highest BCUT2D eigenvalue weighted by molar-refractivity contribution is 7.99. The van der Waals surface area contributed by atoms with Crippen molar-refractivity contribution in [1.82, 2.24) is 5.32 Å². The van der Waals surface area contributed by atoms with Crippen molar-refractivity contribution in [1.29, 1.82) is 0 Å². The lowest BCUT2D eigenvalue weighted by Crippen LogP contribution is -2.26. The molecule has 1 aromatic rings. The molecule has 1 unspecified atom stereocenters. The lowest BCUT2D eigenvalue weighted by molar-refractivity contribution is -0.431. The van der Waals surface area contributed by atoms with Gasteiger partial charge in [-0.2, -0.15) is 0 Å². The summed E-state index contributed by atoms with van der Waals surface area (Å²) in [6.45, 7) is 1.84. The minimum atomic E-state index is -0.406. The quantitative estimate of drug-likeness (QED) is 0.686. The molecule has 2 rings (SSSR count). The molecule has 1 aliphatic rings. The van der Waals surface area contributed by atoms with Crippen LogP contribution in [0.3, 0.4) is 0 Å². The third kappa shape index (κ3) is 2.26. The summed E-state index contributed by atoms with van der Waals surface area (Å²) in [5.41, 5.74) is 1.60. The van der Waals surface area contributed by atoms with Crippen LogP contribution in [-0.2, 0) is 0 Å². The molecule has 0 bridgehead atoms. The summed E-state index contributed by atoms with van der Waals surface area (Å²) < 4.78 is 5.58. The minimum Gasteiger partial charge on any atom is -0.435 e. The zero-order valence-electron chi connectivity index (χ0n) is 10.7. The fourth-order valence-corrected chi connectivity index (χ4v) is 3.21. The first kappa shape index (κ1) is 14.0. The van der Waals surface area contributed by atoms with Gasteiger partial charge in [0.15, 0.2) is 0 Å². The number of nitro groups is 1. The number of fused-ring (bicyclic) bond motifs is 1. The normalized spacial score (nSPS) is 17.8. The molecular formula is C12H13ClN2O3S. The molecule has 5 nitrogen and oxygen atoms in total. The van der Waals surface area contributed by atoms with E-state index in [-0.39, 0.29) is 11.6 Å². The molecule has 102 valence electrons. The lowest BCUT2D eigenvalue weighted by atomic mass is 10.0. The molecule has 19 heavy (non-hydrogen) atoms. The first-order valence-electron chi connectivity index (χ1n) is 5.57. The van der Waals surface area contributed by atoms with Gasteiger partial charge >= 0.3 is 5.70 Å². The number of halogens is 1. The van der Waals surface area contributed by atoms with Gasteiger partial charge in [-0.05, 0) is 30.9 Å². The third-order valence-corrected chi connectivity index (χ3v) is 4.36. The summed E-state index contributed by atoms with van der Waals surface area (Å²) in [7, 11) is 1.60. The van der Waals surface area contributed by atoms with E-state index < -0.39 is 10.2 Å². The van der Waals surface area contributed by atoms with Crippen LogP contribution in [0.25, 0.3) is 0 Å². The molecule has 1 aromatic carbocycles. The van der Waals surface area contributed by atoms with Crippen LogP contribution in [0.2, 0.25) is 5.02 Å². The van der Waals surface area contributed by atoms with Crippen molar-refractivity contribution in [3.8, 4) is 5.75 Å². The van der Waals surface area contributed by atoms with Crippen molar-refractivity contribution in [3.05, 3.63) is 50.0 Å². The summed E-state index contributed by atoms with van der Waals surface area (Å²) in [6, 6.07) is 3.47. The molecule has 1 aliphatic heterocycles. The van der Waals surface area contributed by atoms with E-state index in [9.17, 15) is 10.1 Å². The maximum Gasteiger partial charge on any atom is 0.323 e. The highest BCUT2D eigenvalue weighted by atomic mass is 35.5. The molecule has 0 spiro atoms. The average molecular weight is 301 g/mol. The fraction of sp³-hybridized carbons (Fsp3) is 0.333. The molecule has 0 amide bonds. The number of benzene rings is 1. The highest BCUT2D eigenvalue weighted by Gasteiger charge is 2.39. The van der Waals surface area contributed by atoms with Crippen LogP contribution in [0.15, 0.2) is 23.7 Å². The molecule has 1 N–H and O–H groups in total. The molecule has 1 heterocycles. The smallest absolute Gasteiger partial charge is 0.323 e. The topological polar surface area (TPSA) is 64.4 Å². The molecule has 0 saturated heterocycles. The van der Waals surface area contributed by atoms with Crippen molar-refractivity contribution in [2.45, 2.75) is 12.2 Å². The Bertz CT molecular complexity index is 574. The van der Waals surface area contributed by atoms with Gasteiger partial charge in [0.2, 0.25) is 0 Å². The minimum absolute atomic E-state index is 0.0212. The molecule has 0 aromatic heterocycles. The number of nitrogens with zero attached hydrogens (tertiary/aromatic N) is 1. The van der Waals surface area contributed by atoms with Gasteiger partial charge in [-0.15, -0.1) is 11.8 Å². The van der Waals surface area contributed by atoms with Crippen molar-refractivity contribution in [3.63, 3.8) is 0 Å². The number of nitrogens with one attached hydrogen (secondary N) is 1. The Morgan fingerprint density at radius 3 is 2.74 bits per heavy atom. The number of ether oxygens (including phenoxy) is 1. The van der Waals surface area contributed by atoms with E-state index >= 15 is 0 Å². The Morgan fingerprint density at radius 2 is 2.21 bits per heavy atom. The van der Waals surface area contributed by atoms with Gasteiger partial charge in [-0.1, -0.05) is 11.6 Å². The van der Waals surface area contributed by atoms with E-state index in [4.69, 9.17) is 16.3 Å². The van der Waals surface area contributed by atoms with E-state index in [1.54, 1.807) is 19.2 Å². The first-order valence-corrected chi connectivity index (χ1v) is 7.23. The predicted octanol–water partition coefficient (Wildman–Crippen LogP) is 3.11. The van der Waals surface area contributed by atoms with E-state index in [0.717, 1.165) is 11.1 Å². The number of rotatable bonds is 3. The van der Waals surface area contributed by atoms with Gasteiger partial charge in [0.25, 0.3) is 5.88 Å². The average Bonchev–Trinajstić information content (AvgIpc) is 2.40. The van der Waals surface area contributed by atoms with Crippen LogP contribution < -0.4 is 10.1 Å². The number of hydrogen-bond donors (Lipinski definition) is 1. The van der Waals surface area contributed by atoms with Crippen LogP contribution in [0, 0.1) is 17.0 Å². The Morgan fingerprint density at radius 1 is 1.53 bits per heavy atom. The molecule has 1 atom stereocenters. The highest BCUT2D eigenvalue weighted by Crippen LogP contribution is 2.47.